The average molecular weight is 600 g/mol. The molecule has 1 aromatic carbocycles. The first kappa shape index (κ1) is 25.3. The number of thioether (sulfide) groups is 1. The summed E-state index contributed by atoms with van der Waals surface area (Å²) in [5.41, 5.74) is 3.84. The molecule has 2 unspecified atom stereocenters. The standard InChI is InChI=1S/C23H25IN2O7S/c1-26(2)16-11-5-8-4-10-12(24)6-9(7-34-3)17(27)14(10)18(28)13(8)20(30)23(11,33)21(31)15(19(16)29)22(25)32/h6,8,11,13,15-16,27,33H,4-5,7H2,1-3H3,(H2,25,32)/t8-,11-,13?,15?,16-,23-/m0/s1. The molecule has 3 aliphatic rings. The van der Waals surface area contributed by atoms with Crippen LogP contribution in [0.2, 0.25) is 0 Å². The van der Waals surface area contributed by atoms with Crippen molar-refractivity contribution in [3.05, 3.63) is 26.3 Å². The number of phenols is 1. The molecule has 4 N–H and O–H groups in total. The van der Waals surface area contributed by atoms with Crippen molar-refractivity contribution in [3.8, 4) is 5.75 Å². The second-order valence-electron chi connectivity index (χ2n) is 9.44. The van der Waals surface area contributed by atoms with Crippen LogP contribution < -0.4 is 5.73 Å². The van der Waals surface area contributed by atoms with Gasteiger partial charge in [-0.15, -0.1) is 0 Å². The molecule has 0 aromatic heterocycles. The molecule has 0 aliphatic heterocycles. The minimum absolute atomic E-state index is 0.0440. The summed E-state index contributed by atoms with van der Waals surface area (Å²) in [6, 6.07) is 0.714. The SMILES string of the molecule is CSCc1cc(I)c2c(c1O)C(=O)C1C(=O)[C@]3(O)C(=O)C(C(N)=O)C(=O)[C@@H](N(C)C)[C@@H]3C[C@@H]1C2. The summed E-state index contributed by atoms with van der Waals surface area (Å²) in [7, 11) is 3.12. The molecule has 9 nitrogen and oxygen atoms in total. The van der Waals surface area contributed by atoms with Crippen LogP contribution in [0.3, 0.4) is 0 Å². The van der Waals surface area contributed by atoms with Crippen molar-refractivity contribution in [1.29, 1.82) is 0 Å². The summed E-state index contributed by atoms with van der Waals surface area (Å²) >= 11 is 3.57. The highest BCUT2D eigenvalue weighted by Crippen LogP contribution is 2.51. The van der Waals surface area contributed by atoms with Gasteiger partial charge in [0.15, 0.2) is 34.7 Å². The zero-order chi connectivity index (χ0) is 25.3. The Bertz CT molecular complexity index is 1150. The molecule has 2 saturated carbocycles. The van der Waals surface area contributed by atoms with Gasteiger partial charge in [-0.3, -0.25) is 28.9 Å². The Morgan fingerprint density at radius 3 is 2.47 bits per heavy atom. The van der Waals surface area contributed by atoms with E-state index in [9.17, 15) is 34.2 Å². The minimum Gasteiger partial charge on any atom is -0.507 e. The van der Waals surface area contributed by atoms with E-state index in [1.807, 2.05) is 12.3 Å². The van der Waals surface area contributed by atoms with Crippen LogP contribution >= 0.6 is 34.4 Å². The van der Waals surface area contributed by atoms with Crippen LogP contribution in [0.5, 0.6) is 5.75 Å². The summed E-state index contributed by atoms with van der Waals surface area (Å²) in [5.74, 6) is -9.68. The zero-order valence-corrected chi connectivity index (χ0v) is 21.8. The Kier molecular flexibility index (Phi) is 6.45. The molecule has 0 saturated heterocycles. The lowest BCUT2D eigenvalue weighted by Crippen LogP contribution is -2.74. The predicted octanol–water partition coefficient (Wildman–Crippen LogP) is 0.335. The van der Waals surface area contributed by atoms with Crippen molar-refractivity contribution in [2.24, 2.45) is 29.4 Å². The summed E-state index contributed by atoms with van der Waals surface area (Å²) in [6.45, 7) is 0. The van der Waals surface area contributed by atoms with Gasteiger partial charge in [-0.25, -0.2) is 0 Å². The highest BCUT2D eigenvalue weighted by Gasteiger charge is 2.69. The minimum atomic E-state index is -2.70. The molecule has 11 heteroatoms. The normalized spacial score (nSPS) is 32.9. The number of primary amides is 1. The molecule has 0 heterocycles. The van der Waals surface area contributed by atoms with Crippen molar-refractivity contribution >= 4 is 63.4 Å². The van der Waals surface area contributed by atoms with Crippen LogP contribution in [0.25, 0.3) is 0 Å². The van der Waals surface area contributed by atoms with Gasteiger partial charge in [0.1, 0.15) is 5.75 Å². The van der Waals surface area contributed by atoms with Gasteiger partial charge in [0.25, 0.3) is 0 Å². The number of hydrogen-bond acceptors (Lipinski definition) is 9. The van der Waals surface area contributed by atoms with Crippen LogP contribution in [-0.4, -0.2) is 76.1 Å². The van der Waals surface area contributed by atoms with E-state index < -0.39 is 64.4 Å². The number of aromatic hydroxyl groups is 1. The third-order valence-electron chi connectivity index (χ3n) is 7.39. The van der Waals surface area contributed by atoms with E-state index in [4.69, 9.17) is 5.73 Å². The van der Waals surface area contributed by atoms with Gasteiger partial charge in [0, 0.05) is 20.8 Å². The van der Waals surface area contributed by atoms with E-state index in [1.54, 1.807) is 14.1 Å². The first-order valence-corrected chi connectivity index (χ1v) is 13.2. The van der Waals surface area contributed by atoms with E-state index in [1.165, 1.54) is 16.7 Å². The van der Waals surface area contributed by atoms with E-state index >= 15 is 0 Å². The molecule has 2 fully saturated rings. The van der Waals surface area contributed by atoms with Crippen LogP contribution in [0, 0.1) is 27.2 Å². The quantitative estimate of drug-likeness (QED) is 0.328. The van der Waals surface area contributed by atoms with Crippen molar-refractivity contribution < 1.29 is 34.2 Å². The largest absolute Gasteiger partial charge is 0.507 e. The fourth-order valence-electron chi connectivity index (χ4n) is 5.94. The molecule has 0 radical (unpaired) electrons. The third-order valence-corrected chi connectivity index (χ3v) is 8.95. The average Bonchev–Trinajstić information content (AvgIpc) is 2.74. The number of phenolic OH excluding ortho intramolecular Hbond substituents is 1. The summed E-state index contributed by atoms with van der Waals surface area (Å²) in [5, 5.41) is 22.4. The van der Waals surface area contributed by atoms with Gasteiger partial charge in [0.2, 0.25) is 5.91 Å². The van der Waals surface area contributed by atoms with Gasteiger partial charge >= 0.3 is 0 Å². The second-order valence-corrected chi connectivity index (χ2v) is 11.5. The number of rotatable bonds is 4. The molecule has 182 valence electrons. The Hall–Kier alpha value is -1.83. The maximum atomic E-state index is 13.7. The van der Waals surface area contributed by atoms with Crippen molar-refractivity contribution in [3.63, 3.8) is 0 Å². The number of fused-ring (bicyclic) bond motifs is 3. The smallest absolute Gasteiger partial charge is 0.235 e. The molecule has 0 spiro atoms. The van der Waals surface area contributed by atoms with Crippen molar-refractivity contribution in [2.75, 3.05) is 20.4 Å². The van der Waals surface area contributed by atoms with Crippen LogP contribution in [-0.2, 0) is 31.4 Å². The van der Waals surface area contributed by atoms with E-state index in [0.717, 1.165) is 3.57 Å². The maximum Gasteiger partial charge on any atom is 0.235 e. The van der Waals surface area contributed by atoms with Crippen LogP contribution in [0.15, 0.2) is 6.07 Å². The first-order valence-electron chi connectivity index (χ1n) is 10.7. The molecule has 6 atom stereocenters. The predicted molar refractivity (Wildman–Crippen MR) is 131 cm³/mol. The Morgan fingerprint density at radius 2 is 1.91 bits per heavy atom. The molecule has 3 aliphatic carbocycles. The molecule has 34 heavy (non-hydrogen) atoms. The van der Waals surface area contributed by atoms with Gasteiger partial charge in [0.05, 0.1) is 17.5 Å². The number of ketones is 4. The molecule has 0 bridgehead atoms. The van der Waals surface area contributed by atoms with E-state index in [0.29, 0.717) is 16.9 Å². The lowest BCUT2D eigenvalue weighted by atomic mass is 9.52. The number of amides is 1. The third kappa shape index (κ3) is 3.38. The number of Topliss-reactive ketones (excluding diaryl/α,β-unsaturated/α-hetero) is 4. The van der Waals surface area contributed by atoms with Crippen molar-refractivity contribution in [1.82, 2.24) is 4.90 Å². The topological polar surface area (TPSA) is 155 Å². The highest BCUT2D eigenvalue weighted by molar-refractivity contribution is 14.1. The number of nitrogens with two attached hydrogens (primary N) is 1. The van der Waals surface area contributed by atoms with Gasteiger partial charge < -0.3 is 15.9 Å². The first-order chi connectivity index (χ1) is 15.9. The number of carbonyl (C=O) groups is 5. The molecular weight excluding hydrogens is 575 g/mol. The van der Waals surface area contributed by atoms with E-state index in [-0.39, 0.29) is 24.2 Å². The van der Waals surface area contributed by atoms with Crippen LogP contribution in [0.4, 0.5) is 0 Å². The number of nitrogens with zero attached hydrogens (tertiary/aromatic N) is 1. The molecule has 4 rings (SSSR count). The number of benzene rings is 1. The monoisotopic (exact) mass is 600 g/mol. The van der Waals surface area contributed by atoms with Gasteiger partial charge in [-0.2, -0.15) is 11.8 Å². The summed E-state index contributed by atoms with van der Waals surface area (Å²) in [6.07, 6.45) is 2.18. The fraction of sp³-hybridized carbons (Fsp3) is 0.522. The summed E-state index contributed by atoms with van der Waals surface area (Å²) in [4.78, 5) is 67.1. The maximum absolute atomic E-state index is 13.7. The number of likely N-dealkylation sites (N-methyl/N-ethyl adjacent to an activating group) is 1. The Balaban J connectivity index is 1.87. The number of halogens is 1. The summed E-state index contributed by atoms with van der Waals surface area (Å²) < 4.78 is 0.781. The fourth-order valence-corrected chi connectivity index (χ4v) is 7.34. The Labute approximate surface area is 213 Å². The highest BCUT2D eigenvalue weighted by atomic mass is 127. The number of hydrogen-bond donors (Lipinski definition) is 3. The van der Waals surface area contributed by atoms with Gasteiger partial charge in [-0.1, -0.05) is 0 Å². The molecular formula is C23H25IN2O7S. The zero-order valence-electron chi connectivity index (χ0n) is 18.8. The van der Waals surface area contributed by atoms with Crippen molar-refractivity contribution in [2.45, 2.75) is 30.2 Å². The van der Waals surface area contributed by atoms with Gasteiger partial charge in [-0.05, 0) is 73.3 Å². The van der Waals surface area contributed by atoms with E-state index in [2.05, 4.69) is 22.6 Å². The second kappa shape index (κ2) is 8.68. The molecule has 1 aromatic rings. The van der Waals surface area contributed by atoms with Crippen LogP contribution in [0.1, 0.15) is 27.9 Å². The number of aliphatic hydroxyl groups is 1. The molecule has 1 amide bonds. The Morgan fingerprint density at radius 1 is 1.26 bits per heavy atom. The number of carbonyl (C=O) groups excluding carboxylic acids is 5. The lowest BCUT2D eigenvalue weighted by Gasteiger charge is -2.52. The lowest BCUT2D eigenvalue weighted by molar-refractivity contribution is -0.181.